The monoisotopic (exact) mass is 479 g/mol. The molecule has 5 atom stereocenters. The van der Waals surface area contributed by atoms with Crippen molar-refractivity contribution >= 4 is 21.8 Å². The third-order valence-corrected chi connectivity index (χ3v) is 8.05. The summed E-state index contributed by atoms with van der Waals surface area (Å²) < 4.78 is 12.8. The summed E-state index contributed by atoms with van der Waals surface area (Å²) in [5, 5.41) is 14.3. The van der Waals surface area contributed by atoms with Crippen LogP contribution in [0, 0.1) is 17.8 Å². The van der Waals surface area contributed by atoms with E-state index in [4.69, 9.17) is 9.47 Å². The molecule has 1 aromatic rings. The van der Waals surface area contributed by atoms with Crippen LogP contribution in [0.25, 0.3) is 0 Å². The molecule has 0 spiro atoms. The maximum Gasteiger partial charge on any atom is 0.223 e. The number of carbonyl (C=O) groups excluding carboxylic acids is 1. The van der Waals surface area contributed by atoms with Crippen LogP contribution in [0.2, 0.25) is 0 Å². The first-order valence-electron chi connectivity index (χ1n) is 11.3. The Labute approximate surface area is 188 Å². The average Bonchev–Trinajstić information content (AvgIpc) is 3.23. The summed E-state index contributed by atoms with van der Waals surface area (Å²) in [6, 6.07) is 3.67. The molecule has 1 saturated heterocycles. The fourth-order valence-corrected chi connectivity index (χ4v) is 6.35. The molecule has 2 aliphatic carbocycles. The highest BCUT2D eigenvalue weighted by atomic mass is 79.9. The Morgan fingerprint density at radius 3 is 2.70 bits per heavy atom. The number of aromatic hydroxyl groups is 1. The van der Waals surface area contributed by atoms with Gasteiger partial charge in [0.1, 0.15) is 0 Å². The van der Waals surface area contributed by atoms with Gasteiger partial charge in [-0.3, -0.25) is 4.79 Å². The molecule has 2 N–H and O–H groups in total. The highest BCUT2D eigenvalue weighted by molar-refractivity contribution is 9.10. The van der Waals surface area contributed by atoms with Crippen LogP contribution in [0.3, 0.4) is 0 Å². The summed E-state index contributed by atoms with van der Waals surface area (Å²) in [5.74, 6) is 1.79. The smallest absolute Gasteiger partial charge is 0.223 e. The zero-order valence-corrected chi connectivity index (χ0v) is 19.8. The molecule has 0 radical (unpaired) electrons. The number of phenolic OH excluding ortho intramolecular Hbond substituents is 1. The number of amides is 1. The number of halogens is 1. The average molecular weight is 480 g/mol. The predicted molar refractivity (Wildman–Crippen MR) is 120 cm³/mol. The number of nitrogens with one attached hydrogen (secondary N) is 1. The standard InChI is InChI=1S/C24H34BrNO4/c1-14-8-9-18-19(10-14)30-21(17-11-16(25)12-20(29-3)22(17)27)13-24(18,2)26-23(28)15-6-4-5-7-15/h11-12,14-15,18-19,21,27H,4-10,13H2,1-3H3,(H,26,28)/t14-,18-,19-,21-,24-/m0/s1. The van der Waals surface area contributed by atoms with Gasteiger partial charge in [-0.1, -0.05) is 42.1 Å². The van der Waals surface area contributed by atoms with Crippen molar-refractivity contribution in [1.82, 2.24) is 5.32 Å². The lowest BCUT2D eigenvalue weighted by atomic mass is 9.66. The van der Waals surface area contributed by atoms with E-state index in [9.17, 15) is 9.90 Å². The van der Waals surface area contributed by atoms with E-state index in [2.05, 4.69) is 35.1 Å². The van der Waals surface area contributed by atoms with E-state index in [0.29, 0.717) is 24.0 Å². The van der Waals surface area contributed by atoms with Gasteiger partial charge in [0.15, 0.2) is 11.5 Å². The van der Waals surface area contributed by atoms with E-state index in [-0.39, 0.29) is 35.3 Å². The summed E-state index contributed by atoms with van der Waals surface area (Å²) >= 11 is 3.53. The second-order valence-electron chi connectivity index (χ2n) is 9.83. The number of benzene rings is 1. The second kappa shape index (κ2) is 8.70. The maximum absolute atomic E-state index is 13.1. The minimum absolute atomic E-state index is 0.0748. The Morgan fingerprint density at radius 1 is 1.27 bits per heavy atom. The maximum atomic E-state index is 13.1. The molecule has 4 rings (SSSR count). The number of ether oxygens (including phenoxy) is 2. The van der Waals surface area contributed by atoms with Gasteiger partial charge in [-0.2, -0.15) is 0 Å². The van der Waals surface area contributed by atoms with Crippen molar-refractivity contribution in [3.05, 3.63) is 22.2 Å². The van der Waals surface area contributed by atoms with Crippen molar-refractivity contribution < 1.29 is 19.4 Å². The largest absolute Gasteiger partial charge is 0.504 e. The van der Waals surface area contributed by atoms with E-state index in [1.807, 2.05) is 6.07 Å². The Balaban J connectivity index is 1.65. The molecule has 3 aliphatic rings. The van der Waals surface area contributed by atoms with Gasteiger partial charge in [0, 0.05) is 33.8 Å². The van der Waals surface area contributed by atoms with Crippen LogP contribution in [0.1, 0.15) is 76.9 Å². The van der Waals surface area contributed by atoms with Crippen LogP contribution in [-0.2, 0) is 9.53 Å². The second-order valence-corrected chi connectivity index (χ2v) is 10.7. The summed E-state index contributed by atoms with van der Waals surface area (Å²) in [5.41, 5.74) is 0.370. The van der Waals surface area contributed by atoms with Crippen molar-refractivity contribution in [3.63, 3.8) is 0 Å². The lowest BCUT2D eigenvalue weighted by molar-refractivity contribution is -0.155. The van der Waals surface area contributed by atoms with Gasteiger partial charge >= 0.3 is 0 Å². The number of phenols is 1. The molecule has 1 heterocycles. The summed E-state index contributed by atoms with van der Waals surface area (Å²) in [6.45, 7) is 4.46. The van der Waals surface area contributed by atoms with Crippen molar-refractivity contribution in [2.45, 2.75) is 83.0 Å². The van der Waals surface area contributed by atoms with Crippen LogP contribution < -0.4 is 10.1 Å². The SMILES string of the molecule is COc1cc(Br)cc([C@@H]2C[C@](C)(NC(=O)C3CCCC3)[C@H]3CC[C@H](C)C[C@@H]3O2)c1O. The Bertz CT molecular complexity index is 794. The van der Waals surface area contributed by atoms with E-state index in [1.165, 1.54) is 6.42 Å². The highest BCUT2D eigenvalue weighted by Gasteiger charge is 2.50. The Hall–Kier alpha value is -1.27. The van der Waals surface area contributed by atoms with Gasteiger partial charge in [-0.25, -0.2) is 0 Å². The molecular formula is C24H34BrNO4. The molecule has 0 unspecified atom stereocenters. The van der Waals surface area contributed by atoms with Crippen LogP contribution >= 0.6 is 15.9 Å². The van der Waals surface area contributed by atoms with Crippen molar-refractivity contribution in [1.29, 1.82) is 0 Å². The van der Waals surface area contributed by atoms with Gasteiger partial charge < -0.3 is 19.9 Å². The topological polar surface area (TPSA) is 67.8 Å². The Kier molecular flexibility index (Phi) is 6.36. The molecule has 5 nitrogen and oxygen atoms in total. The third kappa shape index (κ3) is 4.22. The lowest BCUT2D eigenvalue weighted by Crippen LogP contribution is -2.61. The van der Waals surface area contributed by atoms with Gasteiger partial charge in [-0.05, 0) is 50.7 Å². The van der Waals surface area contributed by atoms with Crippen molar-refractivity contribution in [3.8, 4) is 11.5 Å². The fourth-order valence-electron chi connectivity index (χ4n) is 5.90. The number of methoxy groups -OCH3 is 1. The van der Waals surface area contributed by atoms with Crippen LogP contribution in [-0.4, -0.2) is 29.8 Å². The van der Waals surface area contributed by atoms with Crippen LogP contribution in [0.4, 0.5) is 0 Å². The number of fused-ring (bicyclic) bond motifs is 1. The van der Waals surface area contributed by atoms with Gasteiger partial charge in [0.25, 0.3) is 0 Å². The first kappa shape index (κ1) is 21.9. The fraction of sp³-hybridized carbons (Fsp3) is 0.708. The molecule has 1 amide bonds. The normalized spacial score (nSPS) is 34.4. The van der Waals surface area contributed by atoms with Gasteiger partial charge in [-0.15, -0.1) is 0 Å². The summed E-state index contributed by atoms with van der Waals surface area (Å²) in [7, 11) is 1.55. The van der Waals surface area contributed by atoms with Gasteiger partial charge in [0.05, 0.1) is 19.3 Å². The molecule has 30 heavy (non-hydrogen) atoms. The van der Waals surface area contributed by atoms with Crippen molar-refractivity contribution in [2.24, 2.45) is 17.8 Å². The molecule has 0 aromatic heterocycles. The summed E-state index contributed by atoms with van der Waals surface area (Å²) in [4.78, 5) is 13.1. The molecule has 0 bridgehead atoms. The van der Waals surface area contributed by atoms with Crippen LogP contribution in [0.5, 0.6) is 11.5 Å². The molecule has 2 saturated carbocycles. The molecule has 166 valence electrons. The van der Waals surface area contributed by atoms with E-state index < -0.39 is 0 Å². The predicted octanol–water partition coefficient (Wildman–Crippen LogP) is 5.49. The molecule has 3 fully saturated rings. The van der Waals surface area contributed by atoms with E-state index in [0.717, 1.165) is 48.6 Å². The first-order chi connectivity index (χ1) is 14.3. The number of hydrogen-bond acceptors (Lipinski definition) is 4. The Morgan fingerprint density at radius 2 is 2.00 bits per heavy atom. The molecule has 1 aliphatic heterocycles. The highest BCUT2D eigenvalue weighted by Crippen LogP contribution is 2.50. The van der Waals surface area contributed by atoms with E-state index in [1.54, 1.807) is 13.2 Å². The number of carbonyl (C=O) groups is 1. The zero-order chi connectivity index (χ0) is 21.5. The minimum Gasteiger partial charge on any atom is -0.504 e. The lowest BCUT2D eigenvalue weighted by Gasteiger charge is -2.52. The van der Waals surface area contributed by atoms with Gasteiger partial charge in [0.2, 0.25) is 5.91 Å². The molecule has 1 aromatic carbocycles. The zero-order valence-electron chi connectivity index (χ0n) is 18.2. The minimum atomic E-state index is -0.352. The van der Waals surface area contributed by atoms with Crippen molar-refractivity contribution in [2.75, 3.05) is 7.11 Å². The summed E-state index contributed by atoms with van der Waals surface area (Å²) in [6.07, 6.45) is 7.94. The third-order valence-electron chi connectivity index (χ3n) is 7.59. The quantitative estimate of drug-likeness (QED) is 0.598. The van der Waals surface area contributed by atoms with E-state index >= 15 is 0 Å². The first-order valence-corrected chi connectivity index (χ1v) is 12.1. The number of rotatable bonds is 4. The molecule has 6 heteroatoms. The molecular weight excluding hydrogens is 446 g/mol. The number of hydrogen-bond donors (Lipinski definition) is 2. The van der Waals surface area contributed by atoms with Crippen LogP contribution in [0.15, 0.2) is 16.6 Å².